The lowest BCUT2D eigenvalue weighted by atomic mass is 10.2. The number of thioether (sulfide) groups is 1. The molecule has 0 N–H and O–H groups in total. The summed E-state index contributed by atoms with van der Waals surface area (Å²) in [7, 11) is 0. The molecule has 0 bridgehead atoms. The minimum Gasteiger partial charge on any atom is -0.271 e. The zero-order chi connectivity index (χ0) is 11.5. The van der Waals surface area contributed by atoms with E-state index in [2.05, 4.69) is 53.0 Å². The monoisotopic (exact) mass is 366 g/mol. The molecule has 5 heteroatoms. The number of allylic oxidation sites excluding steroid dienone is 3. The van der Waals surface area contributed by atoms with E-state index in [1.165, 1.54) is 9.80 Å². The van der Waals surface area contributed by atoms with Gasteiger partial charge in [0, 0.05) is 17.6 Å². The molecule has 0 radical (unpaired) electrons. The summed E-state index contributed by atoms with van der Waals surface area (Å²) >= 11 is 10.0. The van der Waals surface area contributed by atoms with Crippen LogP contribution in [0.1, 0.15) is 13.3 Å². The van der Waals surface area contributed by atoms with Crippen molar-refractivity contribution in [2.45, 2.75) is 30.2 Å². The van der Waals surface area contributed by atoms with Crippen molar-refractivity contribution in [1.29, 1.82) is 0 Å². The Hall–Kier alpha value is 0.0600. The van der Waals surface area contributed by atoms with Crippen molar-refractivity contribution in [3.8, 4) is 0 Å². The van der Waals surface area contributed by atoms with E-state index >= 15 is 0 Å². The molecule has 16 heavy (non-hydrogen) atoms. The van der Waals surface area contributed by atoms with Gasteiger partial charge in [-0.25, -0.2) is 0 Å². The van der Waals surface area contributed by atoms with E-state index in [0.29, 0.717) is 0 Å². The Kier molecular flexibility index (Phi) is 4.38. The van der Waals surface area contributed by atoms with Crippen LogP contribution in [0.15, 0.2) is 34.2 Å². The van der Waals surface area contributed by atoms with E-state index in [0.717, 1.165) is 16.7 Å². The molecule has 0 aromatic carbocycles. The van der Waals surface area contributed by atoms with Crippen molar-refractivity contribution in [3.05, 3.63) is 33.0 Å². The molecule has 1 unspecified atom stereocenters. The second kappa shape index (κ2) is 5.60. The van der Waals surface area contributed by atoms with Crippen molar-refractivity contribution >= 4 is 46.0 Å². The Morgan fingerprint density at radius 1 is 1.69 bits per heavy atom. The zero-order valence-electron chi connectivity index (χ0n) is 8.86. The smallest absolute Gasteiger partial charge is 0.137 e. The van der Waals surface area contributed by atoms with Crippen LogP contribution in [0.3, 0.4) is 0 Å². The average Bonchev–Trinajstić information content (AvgIpc) is 2.63. The molecule has 1 aliphatic rings. The molecular formula is C11H12ClIN2S. The normalized spacial score (nSPS) is 19.9. The Morgan fingerprint density at radius 3 is 3.06 bits per heavy atom. The second-order valence-electron chi connectivity index (χ2n) is 3.46. The molecule has 0 saturated heterocycles. The Morgan fingerprint density at radius 2 is 2.50 bits per heavy atom. The van der Waals surface area contributed by atoms with Crippen LogP contribution >= 0.6 is 46.0 Å². The van der Waals surface area contributed by atoms with Gasteiger partial charge >= 0.3 is 0 Å². The van der Waals surface area contributed by atoms with Gasteiger partial charge in [-0.15, -0.1) is 11.6 Å². The summed E-state index contributed by atoms with van der Waals surface area (Å²) in [6.45, 7) is 3.00. The van der Waals surface area contributed by atoms with Gasteiger partial charge in [0.05, 0.1) is 10.3 Å². The van der Waals surface area contributed by atoms with Crippen LogP contribution in [0.25, 0.3) is 0 Å². The highest BCUT2D eigenvalue weighted by molar-refractivity contribution is 14.1. The van der Waals surface area contributed by atoms with E-state index in [1.54, 1.807) is 11.8 Å². The van der Waals surface area contributed by atoms with Gasteiger partial charge in [-0.1, -0.05) is 30.0 Å². The molecule has 0 saturated carbocycles. The highest BCUT2D eigenvalue weighted by Gasteiger charge is 2.10. The fourth-order valence-corrected chi connectivity index (χ4v) is 3.18. The largest absolute Gasteiger partial charge is 0.271 e. The van der Waals surface area contributed by atoms with Crippen molar-refractivity contribution in [3.63, 3.8) is 0 Å². The third kappa shape index (κ3) is 3.05. The van der Waals surface area contributed by atoms with Crippen LogP contribution in [0, 0.1) is 3.70 Å². The molecule has 0 aliphatic heterocycles. The number of alkyl halides is 1. The number of rotatable bonds is 3. The maximum atomic E-state index is 5.98. The standard InChI is InChI=1S/C11H12ClIN2S/c1-2-15-7-10(11(13)14-15)16-9-5-3-8(12)4-6-9/h3,5-8H,2,4H2,1H3. The van der Waals surface area contributed by atoms with E-state index < -0.39 is 0 Å². The van der Waals surface area contributed by atoms with E-state index in [1.807, 2.05) is 10.8 Å². The van der Waals surface area contributed by atoms with Gasteiger partial charge in [-0.05, 0) is 35.9 Å². The first-order valence-electron chi connectivity index (χ1n) is 5.12. The molecule has 1 aliphatic carbocycles. The lowest BCUT2D eigenvalue weighted by Crippen LogP contribution is -1.95. The van der Waals surface area contributed by atoms with E-state index in [4.69, 9.17) is 11.6 Å². The minimum absolute atomic E-state index is 0.154. The molecule has 86 valence electrons. The van der Waals surface area contributed by atoms with Gasteiger partial charge < -0.3 is 0 Å². The maximum absolute atomic E-state index is 5.98. The lowest BCUT2D eigenvalue weighted by Gasteiger charge is -2.08. The van der Waals surface area contributed by atoms with Gasteiger partial charge in [0.2, 0.25) is 0 Å². The van der Waals surface area contributed by atoms with Gasteiger partial charge in [0.15, 0.2) is 0 Å². The van der Waals surface area contributed by atoms with Crippen molar-refractivity contribution in [1.82, 2.24) is 9.78 Å². The molecule has 0 fully saturated rings. The molecule has 0 spiro atoms. The Bertz CT molecular complexity index is 439. The quantitative estimate of drug-likeness (QED) is 0.593. The van der Waals surface area contributed by atoms with E-state index in [-0.39, 0.29) is 5.38 Å². The molecule has 1 aromatic heterocycles. The summed E-state index contributed by atoms with van der Waals surface area (Å²) < 4.78 is 3.02. The van der Waals surface area contributed by atoms with Gasteiger partial charge in [-0.2, -0.15) is 5.10 Å². The second-order valence-corrected chi connectivity index (χ2v) is 6.16. The van der Waals surface area contributed by atoms with Crippen molar-refractivity contribution in [2.75, 3.05) is 0 Å². The highest BCUT2D eigenvalue weighted by Crippen LogP contribution is 2.33. The van der Waals surface area contributed by atoms with Crippen LogP contribution in [0.4, 0.5) is 0 Å². The third-order valence-corrected chi connectivity index (χ3v) is 4.79. The molecule has 0 amide bonds. The topological polar surface area (TPSA) is 17.8 Å². The van der Waals surface area contributed by atoms with Crippen LogP contribution in [0.2, 0.25) is 0 Å². The SMILES string of the molecule is CCn1cc(SC2=CCC(Cl)C=C2)c(I)n1. The number of hydrogen-bond acceptors (Lipinski definition) is 2. The summed E-state index contributed by atoms with van der Waals surface area (Å²) in [6, 6.07) is 0. The van der Waals surface area contributed by atoms with Crippen LogP contribution in [0.5, 0.6) is 0 Å². The number of halogens is 2. The van der Waals surface area contributed by atoms with Crippen LogP contribution < -0.4 is 0 Å². The molecular weight excluding hydrogens is 355 g/mol. The maximum Gasteiger partial charge on any atom is 0.137 e. The minimum atomic E-state index is 0.154. The fourth-order valence-electron chi connectivity index (χ4n) is 1.39. The first-order valence-corrected chi connectivity index (χ1v) is 7.45. The molecule has 1 aromatic rings. The van der Waals surface area contributed by atoms with Crippen LogP contribution in [-0.2, 0) is 6.54 Å². The first-order chi connectivity index (χ1) is 7.69. The van der Waals surface area contributed by atoms with E-state index in [9.17, 15) is 0 Å². The van der Waals surface area contributed by atoms with Gasteiger partial charge in [0.1, 0.15) is 3.70 Å². The first kappa shape index (κ1) is 12.5. The summed E-state index contributed by atoms with van der Waals surface area (Å²) in [4.78, 5) is 2.47. The average molecular weight is 367 g/mol. The fraction of sp³-hybridized carbons (Fsp3) is 0.364. The molecule has 2 rings (SSSR count). The third-order valence-electron chi connectivity index (χ3n) is 2.25. The molecule has 1 heterocycles. The Labute approximate surface area is 118 Å². The lowest BCUT2D eigenvalue weighted by molar-refractivity contribution is 0.654. The number of hydrogen-bond donors (Lipinski definition) is 0. The number of nitrogens with zero attached hydrogens (tertiary/aromatic N) is 2. The highest BCUT2D eigenvalue weighted by atomic mass is 127. The summed E-state index contributed by atoms with van der Waals surface area (Å²) in [5.74, 6) is 0. The number of aromatic nitrogens is 2. The summed E-state index contributed by atoms with van der Waals surface area (Å²) in [6.07, 6.45) is 9.32. The predicted octanol–water partition coefficient (Wildman–Crippen LogP) is 4.05. The zero-order valence-corrected chi connectivity index (χ0v) is 12.6. The van der Waals surface area contributed by atoms with Crippen molar-refractivity contribution in [2.24, 2.45) is 0 Å². The number of aryl methyl sites for hydroxylation is 1. The van der Waals surface area contributed by atoms with Crippen molar-refractivity contribution < 1.29 is 0 Å². The summed E-state index contributed by atoms with van der Waals surface area (Å²) in [5.41, 5.74) is 0. The van der Waals surface area contributed by atoms with Gasteiger partial charge in [-0.3, -0.25) is 4.68 Å². The summed E-state index contributed by atoms with van der Waals surface area (Å²) in [5, 5.41) is 4.57. The van der Waals surface area contributed by atoms with Gasteiger partial charge in [0.25, 0.3) is 0 Å². The van der Waals surface area contributed by atoms with Crippen LogP contribution in [-0.4, -0.2) is 15.2 Å². The predicted molar refractivity (Wildman–Crippen MR) is 78.0 cm³/mol. The molecule has 2 nitrogen and oxygen atoms in total. The Balaban J connectivity index is 2.09. The molecule has 1 atom stereocenters.